The number of aliphatic hydroxyl groups is 1. The fourth-order valence-electron chi connectivity index (χ4n) is 2.20. The largest absolute Gasteiger partial charge is 0.394 e. The number of nitrogens with two attached hydrogens (primary N) is 1. The van der Waals surface area contributed by atoms with Gasteiger partial charge in [0.2, 0.25) is 0 Å². The van der Waals surface area contributed by atoms with Crippen molar-refractivity contribution in [3.05, 3.63) is 0 Å². The molecule has 0 aromatic heterocycles. The van der Waals surface area contributed by atoms with Crippen LogP contribution in [0.3, 0.4) is 0 Å². The van der Waals surface area contributed by atoms with Gasteiger partial charge in [0, 0.05) is 0 Å². The van der Waals surface area contributed by atoms with E-state index in [9.17, 15) is 0 Å². The fourth-order valence-corrected chi connectivity index (χ4v) is 2.20. The minimum Gasteiger partial charge on any atom is -0.394 e. The van der Waals surface area contributed by atoms with Crippen molar-refractivity contribution in [3.8, 4) is 0 Å². The van der Waals surface area contributed by atoms with Crippen LogP contribution in [0.5, 0.6) is 0 Å². The second kappa shape index (κ2) is 5.83. The van der Waals surface area contributed by atoms with E-state index in [4.69, 9.17) is 15.6 Å². The van der Waals surface area contributed by atoms with E-state index in [0.29, 0.717) is 18.6 Å². The Balaban J connectivity index is 2.35. The fraction of sp³-hybridized carbons (Fsp3) is 1.00. The summed E-state index contributed by atoms with van der Waals surface area (Å²) in [7, 11) is 0. The van der Waals surface area contributed by atoms with E-state index in [2.05, 4.69) is 6.92 Å². The molecule has 0 amide bonds. The van der Waals surface area contributed by atoms with Crippen molar-refractivity contribution in [1.82, 2.24) is 0 Å². The van der Waals surface area contributed by atoms with Crippen LogP contribution in [0.2, 0.25) is 0 Å². The van der Waals surface area contributed by atoms with Gasteiger partial charge in [-0.05, 0) is 25.7 Å². The average Bonchev–Trinajstić information content (AvgIpc) is 2.27. The molecule has 0 saturated heterocycles. The Bertz CT molecular complexity index is 182. The molecular weight excluding hydrogens is 190 g/mol. The van der Waals surface area contributed by atoms with Crippen LogP contribution in [0.1, 0.15) is 46.0 Å². The van der Waals surface area contributed by atoms with Crippen molar-refractivity contribution in [2.24, 2.45) is 11.7 Å². The molecule has 1 aliphatic carbocycles. The van der Waals surface area contributed by atoms with E-state index in [1.54, 1.807) is 0 Å². The van der Waals surface area contributed by atoms with Gasteiger partial charge in [-0.25, -0.2) is 0 Å². The molecule has 1 fully saturated rings. The maximum atomic E-state index is 9.04. The van der Waals surface area contributed by atoms with Crippen LogP contribution in [-0.2, 0) is 4.74 Å². The van der Waals surface area contributed by atoms with Gasteiger partial charge in [-0.1, -0.05) is 26.2 Å². The normalized spacial score (nSPS) is 31.2. The van der Waals surface area contributed by atoms with Crippen LogP contribution < -0.4 is 5.73 Å². The van der Waals surface area contributed by atoms with E-state index >= 15 is 0 Å². The highest BCUT2D eigenvalue weighted by atomic mass is 16.5. The first kappa shape index (κ1) is 12.9. The summed E-state index contributed by atoms with van der Waals surface area (Å²) in [5.41, 5.74) is 5.26. The van der Waals surface area contributed by atoms with Gasteiger partial charge in [0.05, 0.1) is 24.9 Å². The molecule has 0 aliphatic heterocycles. The standard InChI is InChI=1S/C12H25NO2/c1-3-10-6-4-5-7-11(10)15-9-12(2,13)8-14/h10-11,14H,3-9,13H2,1-2H3. The third-order valence-corrected chi connectivity index (χ3v) is 3.35. The first-order valence-electron chi connectivity index (χ1n) is 6.10. The summed E-state index contributed by atoms with van der Waals surface area (Å²) in [6.07, 6.45) is 6.57. The Morgan fingerprint density at radius 1 is 1.40 bits per heavy atom. The van der Waals surface area contributed by atoms with Crippen molar-refractivity contribution in [2.75, 3.05) is 13.2 Å². The van der Waals surface area contributed by atoms with Crippen LogP contribution in [0.15, 0.2) is 0 Å². The SMILES string of the molecule is CCC1CCCCC1OCC(C)(N)CO. The van der Waals surface area contributed by atoms with Gasteiger partial charge in [-0.3, -0.25) is 0 Å². The lowest BCUT2D eigenvalue weighted by Gasteiger charge is -2.33. The van der Waals surface area contributed by atoms with Gasteiger partial charge in [0.15, 0.2) is 0 Å². The molecular formula is C12H25NO2. The number of ether oxygens (including phenoxy) is 1. The molecule has 0 radical (unpaired) electrons. The zero-order valence-electron chi connectivity index (χ0n) is 10.0. The summed E-state index contributed by atoms with van der Waals surface area (Å²) in [5, 5.41) is 9.04. The summed E-state index contributed by atoms with van der Waals surface area (Å²) < 4.78 is 5.86. The molecule has 90 valence electrons. The van der Waals surface area contributed by atoms with Gasteiger partial charge in [-0.2, -0.15) is 0 Å². The lowest BCUT2D eigenvalue weighted by Crippen LogP contribution is -2.46. The lowest BCUT2D eigenvalue weighted by atomic mass is 9.84. The van der Waals surface area contributed by atoms with Gasteiger partial charge in [-0.15, -0.1) is 0 Å². The van der Waals surface area contributed by atoms with Crippen molar-refractivity contribution in [2.45, 2.75) is 57.6 Å². The van der Waals surface area contributed by atoms with E-state index in [-0.39, 0.29) is 6.61 Å². The van der Waals surface area contributed by atoms with Crippen LogP contribution in [-0.4, -0.2) is 30.0 Å². The molecule has 15 heavy (non-hydrogen) atoms. The van der Waals surface area contributed by atoms with E-state index in [1.807, 2.05) is 6.92 Å². The van der Waals surface area contributed by atoms with Crippen molar-refractivity contribution < 1.29 is 9.84 Å². The Morgan fingerprint density at radius 3 is 2.67 bits per heavy atom. The summed E-state index contributed by atoms with van der Waals surface area (Å²) in [6, 6.07) is 0. The molecule has 3 heteroatoms. The zero-order chi connectivity index (χ0) is 11.3. The lowest BCUT2D eigenvalue weighted by molar-refractivity contribution is -0.0393. The molecule has 3 N–H and O–H groups in total. The highest BCUT2D eigenvalue weighted by Gasteiger charge is 2.27. The van der Waals surface area contributed by atoms with Crippen LogP contribution in [0, 0.1) is 5.92 Å². The maximum Gasteiger partial charge on any atom is 0.0669 e. The highest BCUT2D eigenvalue weighted by Crippen LogP contribution is 2.29. The quantitative estimate of drug-likeness (QED) is 0.733. The first-order chi connectivity index (χ1) is 7.09. The Labute approximate surface area is 93.0 Å². The monoisotopic (exact) mass is 215 g/mol. The second-order valence-electron chi connectivity index (χ2n) is 5.11. The molecule has 1 rings (SSSR count). The van der Waals surface area contributed by atoms with Crippen LogP contribution in [0.4, 0.5) is 0 Å². The zero-order valence-corrected chi connectivity index (χ0v) is 10.0. The van der Waals surface area contributed by atoms with Gasteiger partial charge in [0.1, 0.15) is 0 Å². The Kier molecular flexibility index (Phi) is 5.03. The Morgan fingerprint density at radius 2 is 2.07 bits per heavy atom. The summed E-state index contributed by atoms with van der Waals surface area (Å²) in [5.74, 6) is 0.688. The van der Waals surface area contributed by atoms with Crippen LogP contribution in [0.25, 0.3) is 0 Å². The summed E-state index contributed by atoms with van der Waals surface area (Å²) >= 11 is 0. The number of hydrogen-bond acceptors (Lipinski definition) is 3. The molecule has 0 aromatic rings. The summed E-state index contributed by atoms with van der Waals surface area (Å²) in [4.78, 5) is 0. The van der Waals surface area contributed by atoms with Crippen molar-refractivity contribution in [3.63, 3.8) is 0 Å². The van der Waals surface area contributed by atoms with E-state index in [0.717, 1.165) is 6.42 Å². The molecule has 3 atom stereocenters. The van der Waals surface area contributed by atoms with Crippen LogP contribution >= 0.6 is 0 Å². The third-order valence-electron chi connectivity index (χ3n) is 3.35. The second-order valence-corrected chi connectivity index (χ2v) is 5.11. The Hall–Kier alpha value is -0.120. The van der Waals surface area contributed by atoms with Gasteiger partial charge < -0.3 is 15.6 Å². The predicted molar refractivity (Wildman–Crippen MR) is 61.7 cm³/mol. The topological polar surface area (TPSA) is 55.5 Å². The van der Waals surface area contributed by atoms with Gasteiger partial charge >= 0.3 is 0 Å². The smallest absolute Gasteiger partial charge is 0.0669 e. The van der Waals surface area contributed by atoms with Gasteiger partial charge in [0.25, 0.3) is 0 Å². The summed E-state index contributed by atoms with van der Waals surface area (Å²) in [6.45, 7) is 4.50. The molecule has 0 heterocycles. The third kappa shape index (κ3) is 4.09. The average molecular weight is 215 g/mol. The molecule has 0 spiro atoms. The minimum absolute atomic E-state index is 0.0173. The first-order valence-corrected chi connectivity index (χ1v) is 6.10. The molecule has 1 aliphatic rings. The predicted octanol–water partition coefficient (Wildman–Crippen LogP) is 1.68. The molecule has 3 unspecified atom stereocenters. The number of aliphatic hydroxyl groups excluding tert-OH is 1. The van der Waals surface area contributed by atoms with Crippen molar-refractivity contribution in [1.29, 1.82) is 0 Å². The van der Waals surface area contributed by atoms with E-state index < -0.39 is 5.54 Å². The number of hydrogen-bond donors (Lipinski definition) is 2. The maximum absolute atomic E-state index is 9.04. The van der Waals surface area contributed by atoms with E-state index in [1.165, 1.54) is 25.7 Å². The molecule has 0 bridgehead atoms. The minimum atomic E-state index is -0.588. The number of rotatable bonds is 5. The molecule has 0 aromatic carbocycles. The highest BCUT2D eigenvalue weighted by molar-refractivity contribution is 4.80. The molecule has 3 nitrogen and oxygen atoms in total. The van der Waals surface area contributed by atoms with Crippen molar-refractivity contribution >= 4 is 0 Å². The molecule has 1 saturated carbocycles.